The van der Waals surface area contributed by atoms with E-state index < -0.39 is 35.4 Å². The molecule has 1 amide bonds. The van der Waals surface area contributed by atoms with Crippen LogP contribution in [0.25, 0.3) is 0 Å². The van der Waals surface area contributed by atoms with Gasteiger partial charge in [-0.3, -0.25) is 14.9 Å². The average molecular weight is 309 g/mol. The highest BCUT2D eigenvalue weighted by molar-refractivity contribution is 5.99. The van der Waals surface area contributed by atoms with E-state index in [2.05, 4.69) is 10.1 Å². The van der Waals surface area contributed by atoms with Gasteiger partial charge in [-0.15, -0.1) is 0 Å². The number of nitrogens with one attached hydrogen (secondary N) is 1. The number of anilines is 1. The molecule has 1 N–H and O–H groups in total. The number of benzene rings is 1. The van der Waals surface area contributed by atoms with E-state index in [1.165, 1.54) is 6.07 Å². The predicted molar refractivity (Wildman–Crippen MR) is 74.7 cm³/mol. The molecule has 7 heteroatoms. The van der Waals surface area contributed by atoms with Crippen LogP contribution in [-0.4, -0.2) is 23.6 Å². The molecule has 1 aromatic carbocycles. The number of rotatable bonds is 2. The molecule has 2 rings (SSSR count). The van der Waals surface area contributed by atoms with Gasteiger partial charge < -0.3 is 9.47 Å². The van der Waals surface area contributed by atoms with Gasteiger partial charge in [0, 0.05) is 5.69 Å². The van der Waals surface area contributed by atoms with E-state index in [1.54, 1.807) is 20.8 Å². The maximum absolute atomic E-state index is 13.5. The van der Waals surface area contributed by atoms with E-state index in [9.17, 15) is 18.8 Å². The molecular formula is C15H16FNO5. The molecule has 0 bridgehead atoms. The smallest absolute Gasteiger partial charge is 0.412 e. The van der Waals surface area contributed by atoms with E-state index in [4.69, 9.17) is 4.74 Å². The molecule has 1 fully saturated rings. The zero-order valence-electron chi connectivity index (χ0n) is 12.4. The molecule has 1 atom stereocenters. The van der Waals surface area contributed by atoms with Crippen molar-refractivity contribution in [1.82, 2.24) is 0 Å². The molecule has 118 valence electrons. The standard InChI is InChI=1S/C15H16FNO5/c1-15(2,3)22-14(20)17-11-5-4-8(16)6-9(11)10-7-12(18)21-13(10)19/h4-6,10H,7H2,1-3H3,(H,17,20). The SMILES string of the molecule is CC(C)(C)OC(=O)Nc1ccc(F)cc1C1CC(=O)OC1=O. The van der Waals surface area contributed by atoms with E-state index in [-0.39, 0.29) is 17.7 Å². The van der Waals surface area contributed by atoms with Crippen molar-refractivity contribution >= 4 is 23.7 Å². The fourth-order valence-corrected chi connectivity index (χ4v) is 2.06. The molecule has 22 heavy (non-hydrogen) atoms. The summed E-state index contributed by atoms with van der Waals surface area (Å²) < 4.78 is 23.0. The van der Waals surface area contributed by atoms with Gasteiger partial charge in [-0.2, -0.15) is 0 Å². The lowest BCUT2D eigenvalue weighted by atomic mass is 9.95. The molecular weight excluding hydrogens is 293 g/mol. The van der Waals surface area contributed by atoms with Gasteiger partial charge in [0.1, 0.15) is 11.4 Å². The van der Waals surface area contributed by atoms with Gasteiger partial charge in [0.25, 0.3) is 0 Å². The fourth-order valence-electron chi connectivity index (χ4n) is 2.06. The highest BCUT2D eigenvalue weighted by atomic mass is 19.1. The maximum Gasteiger partial charge on any atom is 0.412 e. The van der Waals surface area contributed by atoms with Crippen LogP contribution in [0.1, 0.15) is 38.7 Å². The minimum atomic E-state index is -0.937. The number of esters is 2. The average Bonchev–Trinajstić information content (AvgIpc) is 2.68. The van der Waals surface area contributed by atoms with E-state index in [0.29, 0.717) is 0 Å². The van der Waals surface area contributed by atoms with Crippen LogP contribution in [0.4, 0.5) is 14.9 Å². The number of halogens is 1. The Bertz CT molecular complexity index is 635. The van der Waals surface area contributed by atoms with Crippen molar-refractivity contribution in [2.24, 2.45) is 0 Å². The second kappa shape index (κ2) is 5.75. The number of carbonyl (C=O) groups is 3. The number of hydrogen-bond acceptors (Lipinski definition) is 5. The zero-order valence-corrected chi connectivity index (χ0v) is 12.4. The van der Waals surface area contributed by atoms with E-state index in [1.807, 2.05) is 0 Å². The summed E-state index contributed by atoms with van der Waals surface area (Å²) in [5.41, 5.74) is -0.319. The summed E-state index contributed by atoms with van der Waals surface area (Å²) in [5, 5.41) is 2.46. The van der Waals surface area contributed by atoms with Crippen molar-refractivity contribution < 1.29 is 28.2 Å². The Morgan fingerprint density at radius 3 is 2.59 bits per heavy atom. The van der Waals surface area contributed by atoms with Crippen molar-refractivity contribution in [3.8, 4) is 0 Å². The predicted octanol–water partition coefficient (Wildman–Crippen LogP) is 2.73. The Labute approximate surface area is 126 Å². The van der Waals surface area contributed by atoms with Crippen molar-refractivity contribution in [3.05, 3.63) is 29.6 Å². The van der Waals surface area contributed by atoms with Crippen LogP contribution in [0.3, 0.4) is 0 Å². The third kappa shape index (κ3) is 3.81. The van der Waals surface area contributed by atoms with Crippen LogP contribution in [0, 0.1) is 5.82 Å². The summed E-state index contributed by atoms with van der Waals surface area (Å²) in [7, 11) is 0. The summed E-state index contributed by atoms with van der Waals surface area (Å²) >= 11 is 0. The van der Waals surface area contributed by atoms with Crippen LogP contribution in [0.15, 0.2) is 18.2 Å². The first-order valence-corrected chi connectivity index (χ1v) is 6.70. The molecule has 1 heterocycles. The van der Waals surface area contributed by atoms with Crippen molar-refractivity contribution in [3.63, 3.8) is 0 Å². The van der Waals surface area contributed by atoms with Crippen LogP contribution in [0.2, 0.25) is 0 Å². The third-order valence-electron chi connectivity index (χ3n) is 2.89. The minimum Gasteiger partial charge on any atom is -0.444 e. The first-order chi connectivity index (χ1) is 10.2. The van der Waals surface area contributed by atoms with Crippen LogP contribution in [-0.2, 0) is 19.1 Å². The van der Waals surface area contributed by atoms with Crippen molar-refractivity contribution in [2.75, 3.05) is 5.32 Å². The third-order valence-corrected chi connectivity index (χ3v) is 2.89. The lowest BCUT2D eigenvalue weighted by Crippen LogP contribution is -2.27. The fraction of sp³-hybridized carbons (Fsp3) is 0.400. The zero-order chi connectivity index (χ0) is 16.5. The molecule has 1 aromatic rings. The molecule has 1 aliphatic rings. The molecule has 6 nitrogen and oxygen atoms in total. The molecule has 1 saturated heterocycles. The lowest BCUT2D eigenvalue weighted by Gasteiger charge is -2.21. The first kappa shape index (κ1) is 15.9. The second-order valence-electron chi connectivity index (χ2n) is 5.91. The van der Waals surface area contributed by atoms with Gasteiger partial charge in [0.05, 0.1) is 12.3 Å². The van der Waals surface area contributed by atoms with Crippen molar-refractivity contribution in [1.29, 1.82) is 0 Å². The number of cyclic esters (lactones) is 2. The number of carbonyl (C=O) groups excluding carboxylic acids is 3. The maximum atomic E-state index is 13.5. The van der Waals surface area contributed by atoms with Gasteiger partial charge in [-0.1, -0.05) is 0 Å². The Morgan fingerprint density at radius 2 is 2.05 bits per heavy atom. The van der Waals surface area contributed by atoms with Gasteiger partial charge in [-0.05, 0) is 44.5 Å². The Morgan fingerprint density at radius 1 is 1.36 bits per heavy atom. The summed E-state index contributed by atoms with van der Waals surface area (Å²) in [4.78, 5) is 34.7. The Hall–Kier alpha value is -2.44. The summed E-state index contributed by atoms with van der Waals surface area (Å²) in [5.74, 6) is -2.96. The molecule has 0 aromatic heterocycles. The summed E-state index contributed by atoms with van der Waals surface area (Å²) in [6, 6.07) is 3.54. The molecule has 0 spiro atoms. The van der Waals surface area contributed by atoms with Crippen LogP contribution in [0.5, 0.6) is 0 Å². The summed E-state index contributed by atoms with van der Waals surface area (Å²) in [6.45, 7) is 5.10. The van der Waals surface area contributed by atoms with Gasteiger partial charge in [-0.25, -0.2) is 9.18 Å². The quantitative estimate of drug-likeness (QED) is 0.671. The second-order valence-corrected chi connectivity index (χ2v) is 5.91. The van der Waals surface area contributed by atoms with E-state index in [0.717, 1.165) is 12.1 Å². The lowest BCUT2D eigenvalue weighted by molar-refractivity contribution is -0.152. The van der Waals surface area contributed by atoms with Crippen LogP contribution >= 0.6 is 0 Å². The first-order valence-electron chi connectivity index (χ1n) is 6.70. The largest absolute Gasteiger partial charge is 0.444 e. The number of hydrogen-bond donors (Lipinski definition) is 1. The summed E-state index contributed by atoms with van der Waals surface area (Å²) in [6.07, 6.45) is -0.927. The normalized spacial score (nSPS) is 18.1. The molecule has 0 aliphatic carbocycles. The molecule has 1 unspecified atom stereocenters. The highest BCUT2D eigenvalue weighted by Gasteiger charge is 2.36. The molecule has 0 radical (unpaired) electrons. The van der Waals surface area contributed by atoms with Crippen LogP contribution < -0.4 is 5.32 Å². The molecule has 0 saturated carbocycles. The minimum absolute atomic E-state index is 0.182. The van der Waals surface area contributed by atoms with Crippen molar-refractivity contribution in [2.45, 2.75) is 38.7 Å². The monoisotopic (exact) mass is 309 g/mol. The number of amides is 1. The van der Waals surface area contributed by atoms with Gasteiger partial charge in [0.2, 0.25) is 0 Å². The molecule has 1 aliphatic heterocycles. The Kier molecular flexibility index (Phi) is 4.16. The van der Waals surface area contributed by atoms with Gasteiger partial charge >= 0.3 is 18.0 Å². The Balaban J connectivity index is 2.27. The topological polar surface area (TPSA) is 81.7 Å². The number of ether oxygens (including phenoxy) is 2. The van der Waals surface area contributed by atoms with E-state index >= 15 is 0 Å². The highest BCUT2D eigenvalue weighted by Crippen LogP contribution is 2.33. The van der Waals surface area contributed by atoms with Gasteiger partial charge in [0.15, 0.2) is 0 Å².